The van der Waals surface area contributed by atoms with Crippen LogP contribution < -0.4 is 0 Å². The monoisotopic (exact) mass is 154 g/mol. The van der Waals surface area contributed by atoms with E-state index >= 15 is 0 Å². The molecule has 0 atom stereocenters. The van der Waals surface area contributed by atoms with E-state index in [0.29, 0.717) is 18.5 Å². The van der Waals surface area contributed by atoms with E-state index in [0.717, 1.165) is 0 Å². The Morgan fingerprint density at radius 1 is 1.73 bits per heavy atom. The first-order valence-electron chi connectivity index (χ1n) is 3.28. The second kappa shape index (κ2) is 3.70. The normalized spacial score (nSPS) is 9.82. The Hall–Kier alpha value is -1.39. The molecule has 0 unspecified atom stereocenters. The van der Waals surface area contributed by atoms with Crippen LogP contribution in [0.2, 0.25) is 0 Å². The van der Waals surface area contributed by atoms with Crippen LogP contribution in [0.4, 0.5) is 0 Å². The molecule has 1 heterocycles. The van der Waals surface area contributed by atoms with E-state index in [2.05, 4.69) is 21.6 Å². The summed E-state index contributed by atoms with van der Waals surface area (Å²) in [5.74, 6) is -0.784. The highest BCUT2D eigenvalue weighted by Gasteiger charge is 1.99. The zero-order chi connectivity index (χ0) is 8.10. The number of hydrogen-bond donors (Lipinski definition) is 2. The third-order valence-corrected chi connectivity index (χ3v) is 1.22. The van der Waals surface area contributed by atoms with Crippen molar-refractivity contribution in [3.05, 3.63) is 11.9 Å². The number of nitrogens with one attached hydrogen (secondary N) is 1. The second-order valence-electron chi connectivity index (χ2n) is 2.13. The number of rotatable bonds is 4. The highest BCUT2D eigenvalue weighted by molar-refractivity contribution is 5.66. The number of H-pyrrole nitrogens is 1. The average Bonchev–Trinajstić information content (AvgIpc) is 2.39. The third-order valence-electron chi connectivity index (χ3n) is 1.22. The van der Waals surface area contributed by atoms with E-state index < -0.39 is 5.97 Å². The molecule has 5 nitrogen and oxygen atoms in total. The molecule has 1 radical (unpaired) electrons. The predicted molar refractivity (Wildman–Crippen MR) is 35.8 cm³/mol. The molecule has 0 aromatic carbocycles. The fourth-order valence-electron chi connectivity index (χ4n) is 0.719. The Morgan fingerprint density at radius 2 is 2.55 bits per heavy atom. The summed E-state index contributed by atoms with van der Waals surface area (Å²) in [5.41, 5.74) is 0.686. The van der Waals surface area contributed by atoms with Gasteiger partial charge in [0.25, 0.3) is 0 Å². The number of aryl methyl sites for hydroxylation is 1. The Labute approximate surface area is 63.4 Å². The predicted octanol–water partition coefficient (Wildman–Crippen LogP) is 0.0122. The lowest BCUT2D eigenvalue weighted by Gasteiger charge is -1.90. The van der Waals surface area contributed by atoms with Crippen molar-refractivity contribution >= 4 is 5.97 Å². The van der Waals surface area contributed by atoms with Gasteiger partial charge >= 0.3 is 5.97 Å². The van der Waals surface area contributed by atoms with Crippen LogP contribution in [-0.4, -0.2) is 26.5 Å². The SMILES string of the molecule is O=C(O)CCCc1[c]n[nH]n1. The molecule has 0 aliphatic heterocycles. The van der Waals surface area contributed by atoms with Crippen molar-refractivity contribution in [3.8, 4) is 0 Å². The summed E-state index contributed by atoms with van der Waals surface area (Å²) >= 11 is 0. The largest absolute Gasteiger partial charge is 0.481 e. The van der Waals surface area contributed by atoms with Gasteiger partial charge in [-0.15, -0.1) is 0 Å². The Balaban J connectivity index is 2.19. The van der Waals surface area contributed by atoms with Crippen LogP contribution in [0.1, 0.15) is 18.5 Å². The van der Waals surface area contributed by atoms with Crippen LogP contribution in [0, 0.1) is 6.20 Å². The Kier molecular flexibility index (Phi) is 2.59. The maximum atomic E-state index is 10.1. The molecule has 0 fully saturated rings. The van der Waals surface area contributed by atoms with Gasteiger partial charge in [0.05, 0.1) is 5.69 Å². The van der Waals surface area contributed by atoms with Crippen molar-refractivity contribution in [1.82, 2.24) is 15.4 Å². The van der Waals surface area contributed by atoms with E-state index in [4.69, 9.17) is 5.11 Å². The van der Waals surface area contributed by atoms with Crippen LogP contribution in [0.15, 0.2) is 0 Å². The highest BCUT2D eigenvalue weighted by atomic mass is 16.4. The van der Waals surface area contributed by atoms with Gasteiger partial charge in [-0.1, -0.05) is 0 Å². The smallest absolute Gasteiger partial charge is 0.303 e. The number of aromatic nitrogens is 3. The molecule has 1 aromatic heterocycles. The molecule has 0 amide bonds. The number of aliphatic carboxylic acids is 1. The minimum absolute atomic E-state index is 0.167. The lowest BCUT2D eigenvalue weighted by atomic mass is 10.2. The molecule has 0 aliphatic carbocycles. The van der Waals surface area contributed by atoms with Gasteiger partial charge in [0, 0.05) is 6.42 Å². The van der Waals surface area contributed by atoms with E-state index in [1.54, 1.807) is 0 Å². The second-order valence-corrected chi connectivity index (χ2v) is 2.13. The van der Waals surface area contributed by atoms with E-state index in [9.17, 15) is 4.79 Å². The molecule has 2 N–H and O–H groups in total. The molecule has 0 aliphatic rings. The first-order chi connectivity index (χ1) is 5.29. The summed E-state index contributed by atoms with van der Waals surface area (Å²) in [6.45, 7) is 0. The number of aromatic amines is 1. The van der Waals surface area contributed by atoms with Gasteiger partial charge in [0.15, 0.2) is 0 Å². The van der Waals surface area contributed by atoms with Gasteiger partial charge in [-0.05, 0) is 12.8 Å². The molecular formula is C6H8N3O2. The van der Waals surface area contributed by atoms with Crippen LogP contribution in [-0.2, 0) is 11.2 Å². The van der Waals surface area contributed by atoms with Crippen LogP contribution in [0.25, 0.3) is 0 Å². The average molecular weight is 154 g/mol. The first kappa shape index (κ1) is 7.71. The van der Waals surface area contributed by atoms with Crippen LogP contribution in [0.5, 0.6) is 0 Å². The van der Waals surface area contributed by atoms with E-state index in [1.165, 1.54) is 0 Å². The van der Waals surface area contributed by atoms with Gasteiger partial charge < -0.3 is 5.11 Å². The molecule has 0 saturated carbocycles. The molecule has 0 spiro atoms. The summed E-state index contributed by atoms with van der Waals surface area (Å²) in [4.78, 5) is 10.1. The molecule has 1 aromatic rings. The summed E-state index contributed by atoms with van der Waals surface area (Å²) in [5, 5.41) is 17.9. The third kappa shape index (κ3) is 2.79. The Bertz CT molecular complexity index is 220. The summed E-state index contributed by atoms with van der Waals surface area (Å²) in [7, 11) is 0. The standard InChI is InChI=1S/C6H8N3O2/c10-6(11)3-1-2-5-4-7-9-8-5/h1-3H2,(H,10,11)(H,7,8,9). The first-order valence-corrected chi connectivity index (χ1v) is 3.28. The molecule has 0 saturated heterocycles. The minimum Gasteiger partial charge on any atom is -0.481 e. The van der Waals surface area contributed by atoms with Gasteiger partial charge in [-0.2, -0.15) is 15.4 Å². The van der Waals surface area contributed by atoms with Crippen molar-refractivity contribution in [1.29, 1.82) is 0 Å². The summed E-state index contributed by atoms with van der Waals surface area (Å²) in [6, 6.07) is 0. The quantitative estimate of drug-likeness (QED) is 0.640. The minimum atomic E-state index is -0.784. The zero-order valence-corrected chi connectivity index (χ0v) is 5.87. The summed E-state index contributed by atoms with van der Waals surface area (Å²) < 4.78 is 0. The fraction of sp³-hybridized carbons (Fsp3) is 0.500. The van der Waals surface area contributed by atoms with Crippen LogP contribution >= 0.6 is 0 Å². The van der Waals surface area contributed by atoms with Gasteiger partial charge in [-0.25, -0.2) is 0 Å². The maximum absolute atomic E-state index is 10.1. The molecule has 11 heavy (non-hydrogen) atoms. The van der Waals surface area contributed by atoms with Gasteiger partial charge in [0.2, 0.25) is 0 Å². The van der Waals surface area contributed by atoms with Crippen molar-refractivity contribution < 1.29 is 9.90 Å². The van der Waals surface area contributed by atoms with Crippen molar-refractivity contribution in [2.24, 2.45) is 0 Å². The number of hydrogen-bond acceptors (Lipinski definition) is 3. The van der Waals surface area contributed by atoms with E-state index in [-0.39, 0.29) is 6.42 Å². The van der Waals surface area contributed by atoms with Gasteiger partial charge in [0.1, 0.15) is 6.20 Å². The number of carboxylic acids is 1. The zero-order valence-electron chi connectivity index (χ0n) is 5.87. The van der Waals surface area contributed by atoms with Crippen LogP contribution in [0.3, 0.4) is 0 Å². The molecular weight excluding hydrogens is 146 g/mol. The number of carboxylic acid groups (broad SMARTS) is 1. The molecule has 0 bridgehead atoms. The van der Waals surface area contributed by atoms with Crippen molar-refractivity contribution in [2.45, 2.75) is 19.3 Å². The topological polar surface area (TPSA) is 78.9 Å². The molecule has 5 heteroatoms. The fourth-order valence-corrected chi connectivity index (χ4v) is 0.719. The summed E-state index contributed by atoms with van der Waals surface area (Å²) in [6.07, 6.45) is 3.96. The Morgan fingerprint density at radius 3 is 3.09 bits per heavy atom. The van der Waals surface area contributed by atoms with Gasteiger partial charge in [-0.3, -0.25) is 4.79 Å². The lowest BCUT2D eigenvalue weighted by molar-refractivity contribution is -0.137. The highest BCUT2D eigenvalue weighted by Crippen LogP contribution is 1.97. The maximum Gasteiger partial charge on any atom is 0.303 e. The number of nitrogens with zero attached hydrogens (tertiary/aromatic N) is 2. The van der Waals surface area contributed by atoms with Crippen molar-refractivity contribution in [2.75, 3.05) is 0 Å². The van der Waals surface area contributed by atoms with Crippen molar-refractivity contribution in [3.63, 3.8) is 0 Å². The van der Waals surface area contributed by atoms with E-state index in [1.807, 2.05) is 0 Å². The number of carbonyl (C=O) groups is 1. The molecule has 1 rings (SSSR count). The molecule has 59 valence electrons. The lowest BCUT2D eigenvalue weighted by Crippen LogP contribution is -1.95.